The van der Waals surface area contributed by atoms with Crippen molar-refractivity contribution in [2.24, 2.45) is 5.41 Å². The van der Waals surface area contributed by atoms with Crippen molar-refractivity contribution in [3.05, 3.63) is 23.1 Å². The number of methoxy groups -OCH3 is 1. The molecule has 0 fully saturated rings. The number of carbonyl (C=O) groups excluding carboxylic acids is 1. The topological polar surface area (TPSA) is 38.8 Å². The van der Waals surface area contributed by atoms with E-state index in [-0.39, 0.29) is 5.97 Å². The van der Waals surface area contributed by atoms with Gasteiger partial charge in [-0.25, -0.2) is 0 Å². The van der Waals surface area contributed by atoms with Crippen molar-refractivity contribution in [3.63, 3.8) is 0 Å². The smallest absolute Gasteiger partial charge is 0.311 e. The molecule has 0 saturated heterocycles. The number of carbonyl (C=O) groups is 1. The van der Waals surface area contributed by atoms with Crippen LogP contribution >= 0.6 is 0 Å². The lowest BCUT2D eigenvalue weighted by Gasteiger charge is -2.27. The number of hydrogen-bond acceptors (Lipinski definition) is 4. The van der Waals surface area contributed by atoms with Crippen molar-refractivity contribution in [1.82, 2.24) is 4.90 Å². The number of ether oxygens (including phenoxy) is 2. The van der Waals surface area contributed by atoms with E-state index >= 15 is 0 Å². The van der Waals surface area contributed by atoms with Crippen LogP contribution in [0.2, 0.25) is 0 Å². The van der Waals surface area contributed by atoms with Crippen LogP contribution in [0.1, 0.15) is 40.5 Å². The van der Waals surface area contributed by atoms with E-state index in [1.54, 1.807) is 7.11 Å². The quantitative estimate of drug-likeness (QED) is 0.726. The summed E-state index contributed by atoms with van der Waals surface area (Å²) in [6.45, 7) is 8.79. The minimum absolute atomic E-state index is 0.156. The van der Waals surface area contributed by atoms with E-state index in [1.807, 2.05) is 27.8 Å². The SMILES string of the molecule is COC1=C(C)CCC(N(C)CCOC(=O)C(C)(C)C)=C1. The average Bonchev–Trinajstić information content (AvgIpc) is 2.37. The number of likely N-dealkylation sites (N-methyl/N-ethyl adjacent to an activating group) is 1. The Balaban J connectivity index is 2.48. The first-order chi connectivity index (χ1) is 9.25. The second-order valence-corrected chi connectivity index (χ2v) is 6.29. The summed E-state index contributed by atoms with van der Waals surface area (Å²) in [6.07, 6.45) is 4.09. The van der Waals surface area contributed by atoms with Crippen LogP contribution < -0.4 is 0 Å². The first-order valence-electron chi connectivity index (χ1n) is 7.08. The summed E-state index contributed by atoms with van der Waals surface area (Å²) in [5.41, 5.74) is 2.06. The van der Waals surface area contributed by atoms with Crippen molar-refractivity contribution in [2.75, 3.05) is 27.3 Å². The molecule has 0 heterocycles. The molecule has 114 valence electrons. The molecule has 4 heteroatoms. The fourth-order valence-electron chi connectivity index (χ4n) is 1.96. The van der Waals surface area contributed by atoms with Crippen LogP contribution in [-0.2, 0) is 14.3 Å². The molecule has 0 aliphatic heterocycles. The van der Waals surface area contributed by atoms with E-state index in [4.69, 9.17) is 9.47 Å². The van der Waals surface area contributed by atoms with Crippen molar-refractivity contribution in [2.45, 2.75) is 40.5 Å². The Kier molecular flexibility index (Phi) is 5.66. The van der Waals surface area contributed by atoms with E-state index in [0.29, 0.717) is 13.2 Å². The van der Waals surface area contributed by atoms with Crippen molar-refractivity contribution in [3.8, 4) is 0 Å². The Morgan fingerprint density at radius 2 is 2.00 bits per heavy atom. The van der Waals surface area contributed by atoms with Gasteiger partial charge in [-0.1, -0.05) is 0 Å². The van der Waals surface area contributed by atoms with Gasteiger partial charge in [0.25, 0.3) is 0 Å². The molecule has 0 saturated carbocycles. The fraction of sp³-hybridized carbons (Fsp3) is 0.688. The highest BCUT2D eigenvalue weighted by atomic mass is 16.5. The van der Waals surface area contributed by atoms with E-state index in [9.17, 15) is 4.79 Å². The van der Waals surface area contributed by atoms with Gasteiger partial charge in [0.2, 0.25) is 0 Å². The molecular formula is C16H27NO3. The van der Waals surface area contributed by atoms with Gasteiger partial charge >= 0.3 is 5.97 Å². The average molecular weight is 281 g/mol. The Hall–Kier alpha value is -1.45. The van der Waals surface area contributed by atoms with Crippen molar-refractivity contribution >= 4 is 5.97 Å². The Bertz CT molecular complexity index is 416. The Morgan fingerprint density at radius 1 is 1.35 bits per heavy atom. The minimum Gasteiger partial charge on any atom is -0.497 e. The van der Waals surface area contributed by atoms with Gasteiger partial charge in [0.1, 0.15) is 12.4 Å². The third-order valence-corrected chi connectivity index (χ3v) is 3.46. The summed E-state index contributed by atoms with van der Waals surface area (Å²) in [7, 11) is 3.72. The van der Waals surface area contributed by atoms with Gasteiger partial charge in [0.05, 0.1) is 19.1 Å². The maximum absolute atomic E-state index is 11.7. The standard InChI is InChI=1S/C16H27NO3/c1-12-7-8-13(11-14(12)19-6)17(5)9-10-20-15(18)16(2,3)4/h11H,7-10H2,1-6H3. The van der Waals surface area contributed by atoms with Gasteiger partial charge in [0, 0.05) is 12.7 Å². The monoisotopic (exact) mass is 281 g/mol. The Labute approximate surface area is 122 Å². The molecule has 0 aromatic carbocycles. The third-order valence-electron chi connectivity index (χ3n) is 3.46. The molecule has 0 bridgehead atoms. The van der Waals surface area contributed by atoms with Gasteiger partial charge in [0.15, 0.2) is 0 Å². The minimum atomic E-state index is -0.439. The van der Waals surface area contributed by atoms with Gasteiger partial charge in [-0.15, -0.1) is 0 Å². The first kappa shape index (κ1) is 16.6. The number of hydrogen-bond donors (Lipinski definition) is 0. The molecule has 0 aromatic heterocycles. The van der Waals surface area contributed by atoms with Crippen LogP contribution in [0.3, 0.4) is 0 Å². The predicted octanol–water partition coefficient (Wildman–Crippen LogP) is 3.11. The zero-order valence-corrected chi connectivity index (χ0v) is 13.6. The van der Waals surface area contributed by atoms with Crippen LogP contribution in [0.4, 0.5) is 0 Å². The molecule has 1 aliphatic rings. The molecule has 0 radical (unpaired) electrons. The second-order valence-electron chi connectivity index (χ2n) is 6.29. The summed E-state index contributed by atoms with van der Waals surface area (Å²) < 4.78 is 10.7. The summed E-state index contributed by atoms with van der Waals surface area (Å²) >= 11 is 0. The first-order valence-corrected chi connectivity index (χ1v) is 7.08. The summed E-state index contributed by atoms with van der Waals surface area (Å²) in [4.78, 5) is 13.8. The zero-order chi connectivity index (χ0) is 15.3. The molecule has 0 spiro atoms. The van der Waals surface area contributed by atoms with E-state index in [2.05, 4.69) is 17.9 Å². The van der Waals surface area contributed by atoms with Crippen LogP contribution in [0, 0.1) is 5.41 Å². The van der Waals surface area contributed by atoms with Crippen LogP contribution in [0.5, 0.6) is 0 Å². The molecule has 0 unspecified atom stereocenters. The van der Waals surface area contributed by atoms with Crippen molar-refractivity contribution in [1.29, 1.82) is 0 Å². The number of nitrogens with zero attached hydrogens (tertiary/aromatic N) is 1. The molecule has 0 atom stereocenters. The lowest BCUT2D eigenvalue weighted by atomic mass is 9.97. The highest BCUT2D eigenvalue weighted by Crippen LogP contribution is 2.25. The molecule has 4 nitrogen and oxygen atoms in total. The number of esters is 1. The third kappa shape index (κ3) is 4.58. The van der Waals surface area contributed by atoms with E-state index in [0.717, 1.165) is 18.6 Å². The van der Waals surface area contributed by atoms with Crippen LogP contribution in [0.25, 0.3) is 0 Å². The molecule has 0 amide bonds. The molecule has 0 N–H and O–H groups in total. The molecular weight excluding hydrogens is 254 g/mol. The van der Waals surface area contributed by atoms with Gasteiger partial charge in [-0.05, 0) is 52.2 Å². The van der Waals surface area contributed by atoms with Crippen LogP contribution in [0.15, 0.2) is 23.1 Å². The lowest BCUT2D eigenvalue weighted by molar-refractivity contribution is -0.153. The predicted molar refractivity (Wildman–Crippen MR) is 80.1 cm³/mol. The van der Waals surface area contributed by atoms with Gasteiger partial charge in [-0.3, -0.25) is 4.79 Å². The maximum atomic E-state index is 11.7. The van der Waals surface area contributed by atoms with Gasteiger partial charge in [-0.2, -0.15) is 0 Å². The largest absolute Gasteiger partial charge is 0.497 e. The molecule has 0 aromatic rings. The fourth-order valence-corrected chi connectivity index (χ4v) is 1.96. The van der Waals surface area contributed by atoms with E-state index < -0.39 is 5.41 Å². The number of allylic oxidation sites excluding steroid dienone is 3. The van der Waals surface area contributed by atoms with E-state index in [1.165, 1.54) is 11.3 Å². The van der Waals surface area contributed by atoms with Crippen LogP contribution in [-0.4, -0.2) is 38.2 Å². The summed E-state index contributed by atoms with van der Waals surface area (Å²) in [6, 6.07) is 0. The molecule has 1 aliphatic carbocycles. The lowest BCUT2D eigenvalue weighted by Crippen LogP contribution is -2.29. The Morgan fingerprint density at radius 3 is 2.55 bits per heavy atom. The highest BCUT2D eigenvalue weighted by molar-refractivity contribution is 5.75. The summed E-state index contributed by atoms with van der Waals surface area (Å²) in [5.74, 6) is 0.793. The zero-order valence-electron chi connectivity index (χ0n) is 13.6. The van der Waals surface area contributed by atoms with Gasteiger partial charge < -0.3 is 14.4 Å². The highest BCUT2D eigenvalue weighted by Gasteiger charge is 2.23. The summed E-state index contributed by atoms with van der Waals surface area (Å²) in [5, 5.41) is 0. The normalized spacial score (nSPS) is 15.8. The van der Waals surface area contributed by atoms with Crippen molar-refractivity contribution < 1.29 is 14.3 Å². The molecule has 1 rings (SSSR count). The number of rotatable bonds is 5. The molecule has 20 heavy (non-hydrogen) atoms. The maximum Gasteiger partial charge on any atom is 0.311 e. The second kappa shape index (κ2) is 6.82.